The fourth-order valence-electron chi connectivity index (χ4n) is 2.92. The first-order valence-corrected chi connectivity index (χ1v) is 8.52. The van der Waals surface area contributed by atoms with Crippen LogP contribution in [-0.2, 0) is 0 Å². The topological polar surface area (TPSA) is 68.9 Å². The fourth-order valence-corrected chi connectivity index (χ4v) is 4.22. The molecular formula is C17H19N3OS. The summed E-state index contributed by atoms with van der Waals surface area (Å²) in [5.74, 6) is 1.72. The van der Waals surface area contributed by atoms with Gasteiger partial charge in [0.15, 0.2) is 0 Å². The molecule has 0 aliphatic carbocycles. The molecule has 2 aromatic rings. The van der Waals surface area contributed by atoms with Crippen LogP contribution in [0.15, 0.2) is 18.3 Å². The number of nitriles is 1. The summed E-state index contributed by atoms with van der Waals surface area (Å²) in [5.41, 5.74) is 3.75. The summed E-state index contributed by atoms with van der Waals surface area (Å²) in [6.07, 6.45) is 2.40. The van der Waals surface area contributed by atoms with E-state index in [9.17, 15) is 10.4 Å². The van der Waals surface area contributed by atoms with Gasteiger partial charge in [0.1, 0.15) is 6.07 Å². The van der Waals surface area contributed by atoms with E-state index in [2.05, 4.69) is 22.4 Å². The Labute approximate surface area is 134 Å². The van der Waals surface area contributed by atoms with Crippen LogP contribution in [0, 0.1) is 25.2 Å². The van der Waals surface area contributed by atoms with Gasteiger partial charge in [-0.25, -0.2) is 0 Å². The molecule has 0 saturated carbocycles. The number of aliphatic hydroxyl groups is 1. The number of rotatable bonds is 3. The zero-order chi connectivity index (χ0) is 15.7. The van der Waals surface area contributed by atoms with E-state index in [0.717, 1.165) is 45.6 Å². The van der Waals surface area contributed by atoms with Gasteiger partial charge in [-0.15, -0.1) is 0 Å². The maximum absolute atomic E-state index is 10.5. The SMILES string of the molecule is Cc1cc(C)c2ncc(C#N)c(NCC3(O)CCSC3)c2c1. The molecular weight excluding hydrogens is 294 g/mol. The monoisotopic (exact) mass is 313 g/mol. The second-order valence-electron chi connectivity index (χ2n) is 6.02. The molecule has 2 N–H and O–H groups in total. The maximum Gasteiger partial charge on any atom is 0.103 e. The van der Waals surface area contributed by atoms with E-state index < -0.39 is 5.60 Å². The molecule has 2 heterocycles. The van der Waals surface area contributed by atoms with Crippen LogP contribution in [0.2, 0.25) is 0 Å². The zero-order valence-corrected chi connectivity index (χ0v) is 13.6. The smallest absolute Gasteiger partial charge is 0.103 e. The van der Waals surface area contributed by atoms with E-state index >= 15 is 0 Å². The minimum Gasteiger partial charge on any atom is -0.387 e. The van der Waals surface area contributed by atoms with Crippen molar-refractivity contribution in [2.75, 3.05) is 23.4 Å². The molecule has 4 nitrogen and oxygen atoms in total. The van der Waals surface area contributed by atoms with Crippen molar-refractivity contribution < 1.29 is 5.11 Å². The number of nitrogens with one attached hydrogen (secondary N) is 1. The second kappa shape index (κ2) is 5.79. The average molecular weight is 313 g/mol. The summed E-state index contributed by atoms with van der Waals surface area (Å²) in [6.45, 7) is 4.52. The molecule has 1 atom stereocenters. The van der Waals surface area contributed by atoms with E-state index in [4.69, 9.17) is 0 Å². The number of aryl methyl sites for hydroxylation is 2. The lowest BCUT2D eigenvalue weighted by Crippen LogP contribution is -2.36. The van der Waals surface area contributed by atoms with Crippen LogP contribution < -0.4 is 5.32 Å². The van der Waals surface area contributed by atoms with Gasteiger partial charge in [0.2, 0.25) is 0 Å². The third-order valence-electron chi connectivity index (χ3n) is 4.10. The molecule has 0 radical (unpaired) electrons. The van der Waals surface area contributed by atoms with Gasteiger partial charge in [0, 0.05) is 23.9 Å². The number of fused-ring (bicyclic) bond motifs is 1. The Morgan fingerprint density at radius 1 is 1.45 bits per heavy atom. The summed E-state index contributed by atoms with van der Waals surface area (Å²) < 4.78 is 0. The van der Waals surface area contributed by atoms with Gasteiger partial charge in [-0.1, -0.05) is 11.6 Å². The highest BCUT2D eigenvalue weighted by atomic mass is 32.2. The number of pyridine rings is 1. The van der Waals surface area contributed by atoms with Crippen LogP contribution in [-0.4, -0.2) is 33.7 Å². The van der Waals surface area contributed by atoms with E-state index in [1.54, 1.807) is 18.0 Å². The van der Waals surface area contributed by atoms with Crippen molar-refractivity contribution in [2.24, 2.45) is 0 Å². The molecule has 1 aliphatic rings. The van der Waals surface area contributed by atoms with E-state index in [-0.39, 0.29) is 0 Å². The fraction of sp³-hybridized carbons (Fsp3) is 0.412. The Kier molecular flexibility index (Phi) is 3.98. The first-order valence-electron chi connectivity index (χ1n) is 7.36. The van der Waals surface area contributed by atoms with Crippen LogP contribution in [0.3, 0.4) is 0 Å². The predicted molar refractivity (Wildman–Crippen MR) is 91.3 cm³/mol. The van der Waals surface area contributed by atoms with E-state index in [1.807, 2.05) is 19.9 Å². The second-order valence-corrected chi connectivity index (χ2v) is 7.12. The van der Waals surface area contributed by atoms with Crippen LogP contribution in [0.1, 0.15) is 23.1 Å². The molecule has 0 bridgehead atoms. The lowest BCUT2D eigenvalue weighted by molar-refractivity contribution is 0.0820. The number of anilines is 1. The Bertz CT molecular complexity index is 761. The molecule has 3 rings (SSSR count). The lowest BCUT2D eigenvalue weighted by atomic mass is 10.0. The van der Waals surface area contributed by atoms with Gasteiger partial charge in [0.05, 0.1) is 22.4 Å². The summed E-state index contributed by atoms with van der Waals surface area (Å²) >= 11 is 1.77. The highest BCUT2D eigenvalue weighted by Gasteiger charge is 2.31. The van der Waals surface area contributed by atoms with Crippen molar-refractivity contribution in [3.05, 3.63) is 35.0 Å². The van der Waals surface area contributed by atoms with Gasteiger partial charge in [-0.2, -0.15) is 17.0 Å². The average Bonchev–Trinajstić information content (AvgIpc) is 2.91. The summed E-state index contributed by atoms with van der Waals surface area (Å²) in [6, 6.07) is 6.34. The van der Waals surface area contributed by atoms with Gasteiger partial charge in [0.25, 0.3) is 0 Å². The van der Waals surface area contributed by atoms with Gasteiger partial charge >= 0.3 is 0 Å². The zero-order valence-electron chi connectivity index (χ0n) is 12.8. The van der Waals surface area contributed by atoms with Crippen molar-refractivity contribution in [3.8, 4) is 6.07 Å². The highest BCUT2D eigenvalue weighted by molar-refractivity contribution is 7.99. The third kappa shape index (κ3) is 2.77. The molecule has 1 aromatic heterocycles. The molecule has 1 saturated heterocycles. The van der Waals surface area contributed by atoms with Gasteiger partial charge in [-0.05, 0) is 37.7 Å². The molecule has 0 spiro atoms. The van der Waals surface area contributed by atoms with Crippen molar-refractivity contribution in [1.29, 1.82) is 5.26 Å². The lowest BCUT2D eigenvalue weighted by Gasteiger charge is -2.23. The van der Waals surface area contributed by atoms with Gasteiger partial charge < -0.3 is 10.4 Å². The van der Waals surface area contributed by atoms with Crippen molar-refractivity contribution in [3.63, 3.8) is 0 Å². The molecule has 0 amide bonds. The highest BCUT2D eigenvalue weighted by Crippen LogP contribution is 2.32. The van der Waals surface area contributed by atoms with Crippen molar-refractivity contribution in [2.45, 2.75) is 25.9 Å². The largest absolute Gasteiger partial charge is 0.387 e. The van der Waals surface area contributed by atoms with Crippen LogP contribution in [0.5, 0.6) is 0 Å². The maximum atomic E-state index is 10.5. The van der Waals surface area contributed by atoms with Crippen molar-refractivity contribution in [1.82, 2.24) is 4.98 Å². The number of thioether (sulfide) groups is 1. The number of nitrogens with zero attached hydrogens (tertiary/aromatic N) is 2. The predicted octanol–water partition coefficient (Wildman–Crippen LogP) is 3.00. The number of benzene rings is 1. The number of hydrogen-bond donors (Lipinski definition) is 2. The summed E-state index contributed by atoms with van der Waals surface area (Å²) in [5, 5.41) is 24.2. The quantitative estimate of drug-likeness (QED) is 0.911. The first kappa shape index (κ1) is 15.1. The molecule has 22 heavy (non-hydrogen) atoms. The molecule has 1 aromatic carbocycles. The van der Waals surface area contributed by atoms with Crippen LogP contribution in [0.4, 0.5) is 5.69 Å². The molecule has 1 unspecified atom stereocenters. The van der Waals surface area contributed by atoms with Crippen LogP contribution in [0.25, 0.3) is 10.9 Å². The Hall–Kier alpha value is -1.77. The minimum absolute atomic E-state index is 0.459. The normalized spacial score (nSPS) is 21.0. The molecule has 5 heteroatoms. The molecule has 1 aliphatic heterocycles. The number of aromatic nitrogens is 1. The first-order chi connectivity index (χ1) is 10.5. The minimum atomic E-state index is -0.689. The summed E-state index contributed by atoms with van der Waals surface area (Å²) in [4.78, 5) is 4.42. The Morgan fingerprint density at radius 2 is 2.27 bits per heavy atom. The van der Waals surface area contributed by atoms with E-state index in [1.165, 1.54) is 0 Å². The Morgan fingerprint density at radius 3 is 2.95 bits per heavy atom. The molecule has 1 fully saturated rings. The van der Waals surface area contributed by atoms with Crippen molar-refractivity contribution >= 4 is 28.4 Å². The van der Waals surface area contributed by atoms with E-state index in [0.29, 0.717) is 12.1 Å². The van der Waals surface area contributed by atoms with Gasteiger partial charge in [-0.3, -0.25) is 4.98 Å². The Balaban J connectivity index is 2.04. The standard InChI is InChI=1S/C17H19N3OS/c1-11-5-12(2)15-14(6-11)16(13(7-18)8-19-15)20-9-17(21)3-4-22-10-17/h5-6,8,21H,3-4,9-10H2,1-2H3,(H,19,20). The summed E-state index contributed by atoms with van der Waals surface area (Å²) in [7, 11) is 0. The third-order valence-corrected chi connectivity index (χ3v) is 5.34. The van der Waals surface area contributed by atoms with Crippen LogP contribution >= 0.6 is 11.8 Å². The number of hydrogen-bond acceptors (Lipinski definition) is 5. The molecule has 114 valence electrons.